The molecule has 3 fully saturated rings. The number of hydrogen-bond acceptors (Lipinski definition) is 4. The minimum Gasteiger partial charge on any atom is -0.445 e. The van der Waals surface area contributed by atoms with Gasteiger partial charge in [0.1, 0.15) is 0 Å². The fourth-order valence-corrected chi connectivity index (χ4v) is 7.97. The molecule has 0 amide bonds. The van der Waals surface area contributed by atoms with Crippen molar-refractivity contribution in [3.63, 3.8) is 0 Å². The van der Waals surface area contributed by atoms with Crippen molar-refractivity contribution in [3.05, 3.63) is 11.6 Å². The van der Waals surface area contributed by atoms with Gasteiger partial charge in [-0.05, 0) is 94.0 Å². The number of carbonyl (C=O) groups excluding carboxylic acids is 1. The number of fused-ring (bicyclic) bond motifs is 5. The molecule has 0 saturated heterocycles. The van der Waals surface area contributed by atoms with Gasteiger partial charge in [-0.1, -0.05) is 43.3 Å². The van der Waals surface area contributed by atoms with Gasteiger partial charge in [0.15, 0.2) is 5.60 Å². The maximum absolute atomic E-state index is 12.7. The minimum atomic E-state index is -0.722. The third-order valence-corrected chi connectivity index (χ3v) is 9.40. The van der Waals surface area contributed by atoms with Crippen molar-refractivity contribution in [2.75, 3.05) is 0 Å². The highest BCUT2D eigenvalue weighted by molar-refractivity contribution is 5.96. The van der Waals surface area contributed by atoms with E-state index in [0.717, 1.165) is 69.9 Å². The zero-order chi connectivity index (χ0) is 22.1. The summed E-state index contributed by atoms with van der Waals surface area (Å²) in [5.41, 5.74) is 1.54. The number of unbranched alkanes of at least 4 members (excludes halogenated alkanes) is 2. The molecule has 170 valence electrons. The van der Waals surface area contributed by atoms with Crippen molar-refractivity contribution < 1.29 is 14.7 Å². The van der Waals surface area contributed by atoms with Crippen LogP contribution in [-0.2, 0) is 9.53 Å². The molecule has 0 aromatic rings. The first kappa shape index (κ1) is 22.4. The molecule has 0 spiro atoms. The van der Waals surface area contributed by atoms with Crippen LogP contribution in [0.1, 0.15) is 97.3 Å². The van der Waals surface area contributed by atoms with Crippen molar-refractivity contribution in [2.24, 2.45) is 34.2 Å². The lowest BCUT2D eigenvalue weighted by Gasteiger charge is -2.56. The first-order chi connectivity index (χ1) is 15.0. The van der Waals surface area contributed by atoms with Gasteiger partial charge in [0.25, 0.3) is 0 Å². The molecule has 0 bridgehead atoms. The Morgan fingerprint density at radius 1 is 1.19 bits per heavy atom. The van der Waals surface area contributed by atoms with Gasteiger partial charge < -0.3 is 9.94 Å². The van der Waals surface area contributed by atoms with E-state index < -0.39 is 5.60 Å². The second kappa shape index (κ2) is 9.00. The minimum absolute atomic E-state index is 0.0725. The van der Waals surface area contributed by atoms with E-state index in [9.17, 15) is 10.0 Å². The molecule has 4 rings (SSSR count). The first-order valence-electron chi connectivity index (χ1n) is 12.6. The summed E-state index contributed by atoms with van der Waals surface area (Å²) in [4.78, 5) is 12.7. The van der Waals surface area contributed by atoms with E-state index in [4.69, 9.17) is 11.2 Å². The number of terminal acetylenes is 1. The van der Waals surface area contributed by atoms with Crippen LogP contribution in [0, 0.1) is 41.4 Å². The molecule has 0 radical (unpaired) electrons. The fourth-order valence-electron chi connectivity index (χ4n) is 7.97. The number of nitrogens with zero attached hydrogens (tertiary/aromatic N) is 1. The Balaban J connectivity index is 1.56. The van der Waals surface area contributed by atoms with E-state index in [0.29, 0.717) is 30.1 Å². The largest absolute Gasteiger partial charge is 0.445 e. The van der Waals surface area contributed by atoms with Crippen molar-refractivity contribution in [1.82, 2.24) is 0 Å². The van der Waals surface area contributed by atoms with Gasteiger partial charge in [-0.15, -0.1) is 6.42 Å². The van der Waals surface area contributed by atoms with Crippen LogP contribution in [0.5, 0.6) is 0 Å². The molecule has 1 N–H and O–H groups in total. The van der Waals surface area contributed by atoms with Crippen molar-refractivity contribution in [3.8, 4) is 12.3 Å². The van der Waals surface area contributed by atoms with Crippen LogP contribution in [0.3, 0.4) is 0 Å². The van der Waals surface area contributed by atoms with E-state index in [2.05, 4.69) is 31.0 Å². The molecule has 31 heavy (non-hydrogen) atoms. The Morgan fingerprint density at radius 3 is 2.74 bits per heavy atom. The standard InChI is InChI=1S/C27H39NO3/c1-4-7-8-9-25(29)31-27(6-3)17-15-24-23-12-10-19-18-20(28-30)11-13-21(19)22(23)14-16-26(24,27)5-2/h3,18,21-24,30H,4-5,7-17H2,1-2H3/t21-,22+,23+,24-,26-,27-/m0/s1. The monoisotopic (exact) mass is 425 g/mol. The summed E-state index contributed by atoms with van der Waals surface area (Å²) in [7, 11) is 0. The highest BCUT2D eigenvalue weighted by Gasteiger charge is 2.65. The molecule has 0 unspecified atom stereocenters. The zero-order valence-electron chi connectivity index (χ0n) is 19.4. The van der Waals surface area contributed by atoms with Crippen molar-refractivity contribution in [2.45, 2.75) is 103 Å². The summed E-state index contributed by atoms with van der Waals surface area (Å²) in [5.74, 6) is 5.48. The second-order valence-corrected chi connectivity index (χ2v) is 10.4. The van der Waals surface area contributed by atoms with Crippen LogP contribution in [0.15, 0.2) is 16.8 Å². The molecule has 4 aliphatic rings. The number of esters is 1. The number of hydrogen-bond donors (Lipinski definition) is 1. The molecule has 0 aromatic carbocycles. The summed E-state index contributed by atoms with van der Waals surface area (Å²) < 4.78 is 6.24. The molecule has 0 aromatic heterocycles. The molecule has 3 saturated carbocycles. The van der Waals surface area contributed by atoms with Gasteiger partial charge in [-0.3, -0.25) is 4.79 Å². The van der Waals surface area contributed by atoms with E-state index in [1.165, 1.54) is 18.4 Å². The third kappa shape index (κ3) is 3.62. The lowest BCUT2D eigenvalue weighted by atomic mass is 9.49. The maximum atomic E-state index is 12.7. The van der Waals surface area contributed by atoms with E-state index in [1.807, 2.05) is 0 Å². The molecule has 6 atom stereocenters. The Morgan fingerprint density at radius 2 is 2.03 bits per heavy atom. The number of carbonyl (C=O) groups is 1. The number of allylic oxidation sites excluding steroid dienone is 2. The SMILES string of the molecule is C#C[C@]1(OC(=O)CCCCC)CC[C@H]2[C@@H]3CCC4=CC(=NO)CC[C@@H]4[C@H]3CC[C@@]21CC. The maximum Gasteiger partial charge on any atom is 0.307 e. The Bertz CT molecular complexity index is 793. The van der Waals surface area contributed by atoms with Crippen molar-refractivity contribution in [1.29, 1.82) is 0 Å². The highest BCUT2D eigenvalue weighted by Crippen LogP contribution is 2.67. The van der Waals surface area contributed by atoms with E-state index >= 15 is 0 Å². The zero-order valence-corrected chi connectivity index (χ0v) is 19.4. The number of oxime groups is 1. The van der Waals surface area contributed by atoms with E-state index in [1.54, 1.807) is 0 Å². The van der Waals surface area contributed by atoms with Gasteiger partial charge in [-0.25, -0.2) is 0 Å². The third-order valence-electron chi connectivity index (χ3n) is 9.40. The van der Waals surface area contributed by atoms with Crippen LogP contribution in [0.2, 0.25) is 0 Å². The Kier molecular flexibility index (Phi) is 6.52. The predicted molar refractivity (Wildman–Crippen MR) is 123 cm³/mol. The van der Waals surface area contributed by atoms with Gasteiger partial charge in [0.05, 0.1) is 5.71 Å². The summed E-state index contributed by atoms with van der Waals surface area (Å²) in [6.07, 6.45) is 21.2. The summed E-state index contributed by atoms with van der Waals surface area (Å²) >= 11 is 0. The smallest absolute Gasteiger partial charge is 0.307 e. The molecule has 4 aliphatic carbocycles. The average molecular weight is 426 g/mol. The van der Waals surface area contributed by atoms with Gasteiger partial charge in [0, 0.05) is 11.8 Å². The van der Waals surface area contributed by atoms with Crippen molar-refractivity contribution >= 4 is 11.7 Å². The quantitative estimate of drug-likeness (QED) is 0.179. The fraction of sp³-hybridized carbons (Fsp3) is 0.778. The second-order valence-electron chi connectivity index (χ2n) is 10.4. The summed E-state index contributed by atoms with van der Waals surface area (Å²) in [6, 6.07) is 0. The lowest BCUT2D eigenvalue weighted by molar-refractivity contribution is -0.173. The van der Waals surface area contributed by atoms with Gasteiger partial charge >= 0.3 is 5.97 Å². The Labute approximate surface area is 187 Å². The highest BCUT2D eigenvalue weighted by atomic mass is 16.6. The van der Waals surface area contributed by atoms with Crippen LogP contribution in [0.25, 0.3) is 0 Å². The molecule has 0 aliphatic heterocycles. The van der Waals surface area contributed by atoms with Crippen LogP contribution in [-0.4, -0.2) is 22.5 Å². The summed E-state index contributed by atoms with van der Waals surface area (Å²) in [6.45, 7) is 4.41. The van der Waals surface area contributed by atoms with E-state index in [-0.39, 0.29) is 11.4 Å². The molecular weight excluding hydrogens is 386 g/mol. The van der Waals surface area contributed by atoms with Crippen LogP contribution in [0.4, 0.5) is 0 Å². The van der Waals surface area contributed by atoms with Gasteiger partial charge in [-0.2, -0.15) is 0 Å². The molecule has 4 nitrogen and oxygen atoms in total. The topological polar surface area (TPSA) is 58.9 Å². The number of rotatable bonds is 6. The average Bonchev–Trinajstić information content (AvgIpc) is 3.13. The van der Waals surface area contributed by atoms with Crippen LogP contribution < -0.4 is 0 Å². The molecule has 4 heteroatoms. The lowest BCUT2D eigenvalue weighted by Crippen LogP contribution is -2.55. The normalized spacial score (nSPS) is 40.3. The molecule has 0 heterocycles. The Hall–Kier alpha value is -1.76. The molecular formula is C27H39NO3. The van der Waals surface area contributed by atoms with Gasteiger partial charge in [0.2, 0.25) is 0 Å². The first-order valence-corrected chi connectivity index (χ1v) is 12.6. The van der Waals surface area contributed by atoms with Crippen LogP contribution >= 0.6 is 0 Å². The summed E-state index contributed by atoms with van der Waals surface area (Å²) in [5, 5.41) is 12.7. The predicted octanol–water partition coefficient (Wildman–Crippen LogP) is 6.27. The number of ether oxygens (including phenoxy) is 1.